The summed E-state index contributed by atoms with van der Waals surface area (Å²) in [5, 5.41) is 4.10. The molecule has 13 rings (SSSR count). The smallest absolute Gasteiger partial charge is 0.164 e. The Hall–Kier alpha value is -8.41. The van der Waals surface area contributed by atoms with Gasteiger partial charge in [0.1, 0.15) is 22.3 Å². The van der Waals surface area contributed by atoms with Gasteiger partial charge < -0.3 is 8.83 Å². The predicted octanol–water partition coefficient (Wildman–Crippen LogP) is 15.2. The summed E-state index contributed by atoms with van der Waals surface area (Å²) in [6, 6.07) is 72.1. The zero-order chi connectivity index (χ0) is 41.4. The molecule has 5 nitrogen and oxygen atoms in total. The van der Waals surface area contributed by atoms with Gasteiger partial charge in [0.2, 0.25) is 0 Å². The van der Waals surface area contributed by atoms with Crippen molar-refractivity contribution in [2.45, 2.75) is 5.92 Å². The second-order valence-electron chi connectivity index (χ2n) is 16.3. The molecule has 1 unspecified atom stereocenters. The van der Waals surface area contributed by atoms with Gasteiger partial charge in [-0.25, -0.2) is 15.0 Å². The Morgan fingerprint density at radius 3 is 1.68 bits per heavy atom. The predicted molar refractivity (Wildman–Crippen MR) is 254 cm³/mol. The van der Waals surface area contributed by atoms with Crippen molar-refractivity contribution in [3.63, 3.8) is 0 Å². The first-order valence-electron chi connectivity index (χ1n) is 21.3. The molecule has 0 aliphatic heterocycles. The quantitative estimate of drug-likeness (QED) is 0.167. The van der Waals surface area contributed by atoms with Crippen LogP contribution in [0.15, 0.2) is 215 Å². The van der Waals surface area contributed by atoms with Gasteiger partial charge in [0, 0.05) is 44.2 Å². The van der Waals surface area contributed by atoms with Crippen LogP contribution < -0.4 is 0 Å². The van der Waals surface area contributed by atoms with Gasteiger partial charge in [-0.15, -0.1) is 0 Å². The monoisotopic (exact) mass is 805 g/mol. The molecule has 1 aliphatic carbocycles. The largest absolute Gasteiger partial charge is 0.456 e. The number of benzene rings is 9. The molecule has 1 aliphatic rings. The molecular formula is C58H35N3O2. The first kappa shape index (κ1) is 35.4. The van der Waals surface area contributed by atoms with Gasteiger partial charge >= 0.3 is 0 Å². The fraction of sp³-hybridized carbons (Fsp3) is 0.0172. The second kappa shape index (κ2) is 14.1. The summed E-state index contributed by atoms with van der Waals surface area (Å²) in [6.07, 6.45) is 0. The summed E-state index contributed by atoms with van der Waals surface area (Å²) >= 11 is 0. The molecule has 0 saturated carbocycles. The zero-order valence-electron chi connectivity index (χ0n) is 33.9. The highest BCUT2D eigenvalue weighted by atomic mass is 16.3. The fourth-order valence-corrected chi connectivity index (χ4v) is 9.75. The summed E-state index contributed by atoms with van der Waals surface area (Å²) in [4.78, 5) is 15.7. The maximum absolute atomic E-state index is 6.57. The summed E-state index contributed by atoms with van der Waals surface area (Å²) in [6.45, 7) is 0. The number of nitrogens with zero attached hydrogens (tertiary/aromatic N) is 3. The zero-order valence-corrected chi connectivity index (χ0v) is 33.9. The third kappa shape index (κ3) is 5.74. The average molecular weight is 806 g/mol. The average Bonchev–Trinajstić information content (AvgIpc) is 4.03. The molecule has 3 heterocycles. The van der Waals surface area contributed by atoms with Crippen molar-refractivity contribution in [3.8, 4) is 67.5 Å². The molecule has 0 spiro atoms. The molecule has 0 radical (unpaired) electrons. The lowest BCUT2D eigenvalue weighted by Gasteiger charge is -2.14. The van der Waals surface area contributed by atoms with Crippen LogP contribution in [0.2, 0.25) is 0 Å². The van der Waals surface area contributed by atoms with E-state index in [9.17, 15) is 0 Å². The Morgan fingerprint density at radius 1 is 0.302 bits per heavy atom. The Kier molecular flexibility index (Phi) is 7.90. The first-order chi connectivity index (χ1) is 31.2. The Balaban J connectivity index is 0.972. The lowest BCUT2D eigenvalue weighted by molar-refractivity contribution is 0.669. The van der Waals surface area contributed by atoms with Crippen molar-refractivity contribution >= 4 is 43.9 Å². The number of hydrogen-bond donors (Lipinski definition) is 0. The van der Waals surface area contributed by atoms with E-state index in [1.165, 1.54) is 27.8 Å². The van der Waals surface area contributed by atoms with Crippen LogP contribution in [0.25, 0.3) is 111 Å². The van der Waals surface area contributed by atoms with Gasteiger partial charge in [0.15, 0.2) is 17.5 Å². The molecule has 5 heteroatoms. The van der Waals surface area contributed by atoms with Crippen molar-refractivity contribution < 1.29 is 8.83 Å². The molecule has 12 aromatic rings. The summed E-state index contributed by atoms with van der Waals surface area (Å²) in [5.41, 5.74) is 16.7. The molecule has 3 aromatic heterocycles. The van der Waals surface area contributed by atoms with Crippen molar-refractivity contribution in [3.05, 3.63) is 223 Å². The molecular weight excluding hydrogens is 771 g/mol. The molecule has 0 bridgehead atoms. The topological polar surface area (TPSA) is 65.0 Å². The first-order valence-corrected chi connectivity index (χ1v) is 21.3. The van der Waals surface area contributed by atoms with Crippen molar-refractivity contribution in [1.82, 2.24) is 15.0 Å². The van der Waals surface area contributed by atoms with Gasteiger partial charge in [-0.2, -0.15) is 0 Å². The summed E-state index contributed by atoms with van der Waals surface area (Å²) < 4.78 is 13.1. The Morgan fingerprint density at radius 2 is 0.889 bits per heavy atom. The summed E-state index contributed by atoms with van der Waals surface area (Å²) in [7, 11) is 0. The number of fused-ring (bicyclic) bond motifs is 9. The Labute approximate surface area is 362 Å². The highest BCUT2D eigenvalue weighted by Gasteiger charge is 2.30. The molecule has 294 valence electrons. The van der Waals surface area contributed by atoms with Crippen LogP contribution in [0.1, 0.15) is 22.6 Å². The van der Waals surface area contributed by atoms with Crippen LogP contribution in [0, 0.1) is 0 Å². The third-order valence-corrected chi connectivity index (χ3v) is 12.6. The van der Waals surface area contributed by atoms with E-state index in [-0.39, 0.29) is 5.92 Å². The van der Waals surface area contributed by atoms with Gasteiger partial charge in [0.25, 0.3) is 0 Å². The van der Waals surface area contributed by atoms with Gasteiger partial charge in [-0.1, -0.05) is 164 Å². The molecule has 9 aromatic carbocycles. The maximum atomic E-state index is 6.57. The Bertz CT molecular complexity index is 3740. The van der Waals surface area contributed by atoms with Crippen LogP contribution in [0.4, 0.5) is 0 Å². The van der Waals surface area contributed by atoms with E-state index in [1.807, 2.05) is 36.4 Å². The number of aromatic nitrogens is 3. The lowest BCUT2D eigenvalue weighted by atomic mass is 9.89. The number of rotatable bonds is 6. The molecule has 63 heavy (non-hydrogen) atoms. The number of furan rings is 2. The van der Waals surface area contributed by atoms with E-state index < -0.39 is 0 Å². The van der Waals surface area contributed by atoms with E-state index in [2.05, 4.69) is 170 Å². The van der Waals surface area contributed by atoms with Gasteiger partial charge in [-0.05, 0) is 92.5 Å². The minimum Gasteiger partial charge on any atom is -0.456 e. The SMILES string of the molecule is c1ccc(-c2ccc3c(c2)oc2cccc(-c4ccc5oc6cccc(-c7nc(-c8ccccc8)nc(-c8ccc9c(c8)-c8ccccc8C9c8ccccc8)n7)c6c5c4)c23)cc1. The second-order valence-corrected chi connectivity index (χ2v) is 16.3. The molecule has 1 atom stereocenters. The van der Waals surface area contributed by atoms with Gasteiger partial charge in [0.05, 0.1) is 0 Å². The van der Waals surface area contributed by atoms with Gasteiger partial charge in [-0.3, -0.25) is 0 Å². The molecule has 0 N–H and O–H groups in total. The van der Waals surface area contributed by atoms with Crippen LogP contribution in [0.5, 0.6) is 0 Å². The van der Waals surface area contributed by atoms with E-state index in [1.54, 1.807) is 0 Å². The molecule has 0 saturated heterocycles. The van der Waals surface area contributed by atoms with Crippen LogP contribution in [-0.2, 0) is 0 Å². The number of hydrogen-bond acceptors (Lipinski definition) is 5. The molecule has 0 amide bonds. The van der Waals surface area contributed by atoms with E-state index in [4.69, 9.17) is 23.8 Å². The normalized spacial score (nSPS) is 13.2. The minimum absolute atomic E-state index is 0.156. The van der Waals surface area contributed by atoms with Crippen molar-refractivity contribution in [2.24, 2.45) is 0 Å². The standard InChI is InChI=1S/C58H35N3O2/c1-4-14-35(15-5-1)38-26-30-45-52(34-38)63-50-24-12-22-41(54(45)50)39-28-31-49-48(32-39)55-46(23-13-25-51(55)62-49)58-60-56(37-18-8-3-9-19-37)59-57(61-58)40-27-29-44-47(33-40)42-20-10-11-21-43(42)53(44)36-16-6-2-7-17-36/h1-34,53H. The van der Waals surface area contributed by atoms with E-state index >= 15 is 0 Å². The van der Waals surface area contributed by atoms with Crippen LogP contribution in [-0.4, -0.2) is 15.0 Å². The highest BCUT2D eigenvalue weighted by Crippen LogP contribution is 2.49. The van der Waals surface area contributed by atoms with Crippen molar-refractivity contribution in [2.75, 3.05) is 0 Å². The minimum atomic E-state index is 0.156. The van der Waals surface area contributed by atoms with Crippen LogP contribution in [0.3, 0.4) is 0 Å². The van der Waals surface area contributed by atoms with E-state index in [0.717, 1.165) is 82.8 Å². The highest BCUT2D eigenvalue weighted by molar-refractivity contribution is 6.16. The maximum Gasteiger partial charge on any atom is 0.164 e. The fourth-order valence-electron chi connectivity index (χ4n) is 9.75. The molecule has 0 fully saturated rings. The van der Waals surface area contributed by atoms with E-state index in [0.29, 0.717) is 17.5 Å². The lowest BCUT2D eigenvalue weighted by Crippen LogP contribution is -2.01. The van der Waals surface area contributed by atoms with Crippen molar-refractivity contribution in [1.29, 1.82) is 0 Å². The summed E-state index contributed by atoms with van der Waals surface area (Å²) in [5.74, 6) is 1.96. The third-order valence-electron chi connectivity index (χ3n) is 12.6. The van der Waals surface area contributed by atoms with Crippen LogP contribution >= 0.6 is 0 Å².